The van der Waals surface area contributed by atoms with Crippen molar-refractivity contribution < 1.29 is 14.3 Å². The number of nitriles is 1. The van der Waals surface area contributed by atoms with Crippen LogP contribution < -0.4 is 5.32 Å². The van der Waals surface area contributed by atoms with Crippen LogP contribution in [-0.2, 0) is 19.7 Å². The highest BCUT2D eigenvalue weighted by Crippen LogP contribution is 2.32. The summed E-state index contributed by atoms with van der Waals surface area (Å²) in [5.74, 6) is -0.00826. The molecule has 0 spiro atoms. The lowest BCUT2D eigenvalue weighted by Crippen LogP contribution is -2.52. The van der Waals surface area contributed by atoms with E-state index in [9.17, 15) is 14.9 Å². The number of hydrogen-bond donors (Lipinski definition) is 1. The molecule has 0 bridgehead atoms. The van der Waals surface area contributed by atoms with Gasteiger partial charge in [-0.1, -0.05) is 76.3 Å². The second-order valence-corrected chi connectivity index (χ2v) is 12.0. The summed E-state index contributed by atoms with van der Waals surface area (Å²) in [6.45, 7) is 8.83. The molecule has 1 N–H and O–H groups in total. The van der Waals surface area contributed by atoms with Gasteiger partial charge in [0.1, 0.15) is 5.54 Å². The third-order valence-corrected chi connectivity index (χ3v) is 8.60. The third kappa shape index (κ3) is 7.33. The minimum atomic E-state index is -0.906. The predicted molar refractivity (Wildman–Crippen MR) is 144 cm³/mol. The van der Waals surface area contributed by atoms with Crippen LogP contribution in [0.15, 0.2) is 30.3 Å². The number of carbonyl (C=O) groups is 2. The quantitative estimate of drug-likeness (QED) is 0.547. The maximum Gasteiger partial charge on any atom is 0.224 e. The number of likely N-dealkylation sites (tertiary alicyclic amines) is 1. The van der Waals surface area contributed by atoms with Crippen molar-refractivity contribution in [1.82, 2.24) is 15.1 Å². The molecule has 2 saturated heterocycles. The van der Waals surface area contributed by atoms with Crippen LogP contribution in [0.25, 0.3) is 0 Å². The highest BCUT2D eigenvalue weighted by Gasteiger charge is 2.43. The summed E-state index contributed by atoms with van der Waals surface area (Å²) in [4.78, 5) is 30.9. The van der Waals surface area contributed by atoms with Crippen molar-refractivity contribution in [3.8, 4) is 6.07 Å². The van der Waals surface area contributed by atoms with Crippen LogP contribution in [0.1, 0.15) is 70.8 Å². The van der Waals surface area contributed by atoms with E-state index in [0.717, 1.165) is 32.4 Å². The van der Waals surface area contributed by atoms with Crippen molar-refractivity contribution in [3.05, 3.63) is 35.9 Å². The molecule has 0 radical (unpaired) electrons. The van der Waals surface area contributed by atoms with Gasteiger partial charge in [0.2, 0.25) is 11.8 Å². The topological polar surface area (TPSA) is 85.7 Å². The van der Waals surface area contributed by atoms with Gasteiger partial charge < -0.3 is 15.0 Å². The Hall–Kier alpha value is -2.43. The van der Waals surface area contributed by atoms with Crippen LogP contribution in [0.3, 0.4) is 0 Å². The summed E-state index contributed by atoms with van der Waals surface area (Å²) in [7, 11) is 0. The lowest BCUT2D eigenvalue weighted by Gasteiger charge is -2.33. The number of hydrogen-bond acceptors (Lipinski definition) is 5. The molecule has 202 valence electrons. The molecule has 3 aliphatic rings. The number of benzene rings is 1. The van der Waals surface area contributed by atoms with Gasteiger partial charge in [-0.15, -0.1) is 0 Å². The molecule has 37 heavy (non-hydrogen) atoms. The zero-order valence-electron chi connectivity index (χ0n) is 22.7. The van der Waals surface area contributed by atoms with E-state index >= 15 is 0 Å². The monoisotopic (exact) mass is 508 g/mol. The van der Waals surface area contributed by atoms with Crippen LogP contribution in [-0.4, -0.2) is 73.1 Å². The summed E-state index contributed by atoms with van der Waals surface area (Å²) in [5.41, 5.74) is 0.296. The minimum Gasteiger partial charge on any atom is -0.378 e. The fourth-order valence-electron chi connectivity index (χ4n) is 6.38. The molecular formula is C30H44N4O3. The smallest absolute Gasteiger partial charge is 0.224 e. The van der Waals surface area contributed by atoms with Crippen molar-refractivity contribution in [2.24, 2.45) is 11.8 Å². The molecule has 2 amide bonds. The van der Waals surface area contributed by atoms with Crippen LogP contribution in [0, 0.1) is 23.2 Å². The Bertz CT molecular complexity index is 947. The highest BCUT2D eigenvalue weighted by atomic mass is 16.5. The van der Waals surface area contributed by atoms with Crippen molar-refractivity contribution in [2.45, 2.75) is 76.2 Å². The molecule has 2 atom stereocenters. The van der Waals surface area contributed by atoms with Crippen molar-refractivity contribution in [2.75, 3.05) is 45.9 Å². The molecule has 1 aliphatic carbocycles. The Balaban J connectivity index is 1.41. The molecule has 1 aromatic carbocycles. The fourth-order valence-corrected chi connectivity index (χ4v) is 6.38. The second-order valence-electron chi connectivity index (χ2n) is 12.0. The minimum absolute atomic E-state index is 0.0305. The Morgan fingerprint density at radius 3 is 2.51 bits per heavy atom. The lowest BCUT2D eigenvalue weighted by molar-refractivity contribution is -0.140. The number of nitrogens with one attached hydrogen (secondary N) is 1. The summed E-state index contributed by atoms with van der Waals surface area (Å²) in [5, 5.41) is 13.4. The highest BCUT2D eigenvalue weighted by molar-refractivity contribution is 5.86. The number of nitrogens with zero attached hydrogens (tertiary/aromatic N) is 3. The number of ether oxygens (including phenoxy) is 1. The molecule has 1 aromatic rings. The van der Waals surface area contributed by atoms with Crippen molar-refractivity contribution >= 4 is 11.8 Å². The van der Waals surface area contributed by atoms with E-state index < -0.39 is 11.5 Å². The molecule has 4 rings (SSSR count). The van der Waals surface area contributed by atoms with E-state index in [1.54, 1.807) is 0 Å². The first-order chi connectivity index (χ1) is 17.8. The summed E-state index contributed by atoms with van der Waals surface area (Å²) in [6.07, 6.45) is 7.46. The van der Waals surface area contributed by atoms with E-state index in [2.05, 4.69) is 54.4 Å². The standard InChI is InChI=1S/C30H44N4O3/c1-29(2,26-11-7-4-8-12-26)22-33-14-13-30(21-31,23-33)32-28(36)25(19-24-9-5-3-6-10-24)20-27(35)34-15-17-37-18-16-34/h4,7-8,11-12,24-25H,3,5-6,9-10,13-20,22-23H2,1-2H3,(H,32,36). The zero-order chi connectivity index (χ0) is 26.3. The van der Waals surface area contributed by atoms with Crippen LogP contribution >= 0.6 is 0 Å². The first-order valence-corrected chi connectivity index (χ1v) is 14.2. The van der Waals surface area contributed by atoms with Crippen molar-refractivity contribution in [3.63, 3.8) is 0 Å². The number of carbonyl (C=O) groups excluding carboxylic acids is 2. The molecule has 7 heteroatoms. The molecule has 2 aliphatic heterocycles. The molecule has 2 heterocycles. The molecule has 3 fully saturated rings. The normalized spacial score (nSPS) is 24.4. The molecule has 0 aromatic heterocycles. The SMILES string of the molecule is CC(C)(CN1CCC(C#N)(NC(=O)C(CC(=O)N2CCOCC2)CC2CCCCC2)C1)c1ccccc1. The number of morpholine rings is 1. The van der Waals surface area contributed by atoms with Gasteiger partial charge in [-0.2, -0.15) is 5.26 Å². The fraction of sp³-hybridized carbons (Fsp3) is 0.700. The van der Waals surface area contributed by atoms with Crippen LogP contribution in [0.5, 0.6) is 0 Å². The maximum absolute atomic E-state index is 13.7. The number of amides is 2. The van der Waals surface area contributed by atoms with Gasteiger partial charge in [0.05, 0.1) is 19.3 Å². The molecule has 2 unspecified atom stereocenters. The largest absolute Gasteiger partial charge is 0.378 e. The average molecular weight is 509 g/mol. The van der Waals surface area contributed by atoms with E-state index in [1.165, 1.54) is 24.8 Å². The predicted octanol–water partition coefficient (Wildman–Crippen LogP) is 3.88. The van der Waals surface area contributed by atoms with Crippen LogP contribution in [0.2, 0.25) is 0 Å². The van der Waals surface area contributed by atoms with E-state index in [-0.39, 0.29) is 23.7 Å². The van der Waals surface area contributed by atoms with Gasteiger partial charge in [-0.3, -0.25) is 14.5 Å². The molecule has 1 saturated carbocycles. The molecule has 7 nitrogen and oxygen atoms in total. The van der Waals surface area contributed by atoms with Crippen molar-refractivity contribution in [1.29, 1.82) is 5.26 Å². The van der Waals surface area contributed by atoms with Gasteiger partial charge >= 0.3 is 0 Å². The zero-order valence-corrected chi connectivity index (χ0v) is 22.7. The first kappa shape index (κ1) is 27.6. The maximum atomic E-state index is 13.7. The van der Waals surface area contributed by atoms with Crippen LogP contribution in [0.4, 0.5) is 0 Å². The summed E-state index contributed by atoms with van der Waals surface area (Å²) < 4.78 is 5.40. The number of rotatable bonds is 9. The summed E-state index contributed by atoms with van der Waals surface area (Å²) >= 11 is 0. The Morgan fingerprint density at radius 1 is 1.14 bits per heavy atom. The van der Waals surface area contributed by atoms with Gasteiger partial charge in [0.15, 0.2) is 0 Å². The average Bonchev–Trinajstić information content (AvgIpc) is 3.31. The Kier molecular flexibility index (Phi) is 9.26. The molecular weight excluding hydrogens is 464 g/mol. The van der Waals surface area contributed by atoms with Gasteiger partial charge in [-0.05, 0) is 24.3 Å². The van der Waals surface area contributed by atoms with E-state index in [1.807, 2.05) is 11.0 Å². The Labute approximate surface area is 222 Å². The summed E-state index contributed by atoms with van der Waals surface area (Å²) in [6, 6.07) is 12.9. The van der Waals surface area contributed by atoms with E-state index in [4.69, 9.17) is 4.74 Å². The second kappa shape index (κ2) is 12.4. The van der Waals surface area contributed by atoms with Gasteiger partial charge in [0, 0.05) is 50.5 Å². The lowest BCUT2D eigenvalue weighted by atomic mass is 9.81. The van der Waals surface area contributed by atoms with Gasteiger partial charge in [0.25, 0.3) is 0 Å². The Morgan fingerprint density at radius 2 is 1.84 bits per heavy atom. The van der Waals surface area contributed by atoms with Gasteiger partial charge in [-0.25, -0.2) is 0 Å². The first-order valence-electron chi connectivity index (χ1n) is 14.2. The third-order valence-electron chi connectivity index (χ3n) is 8.60. The van der Waals surface area contributed by atoms with E-state index in [0.29, 0.717) is 45.2 Å².